The molecule has 0 spiro atoms. The molecule has 0 aromatic carbocycles. The van der Waals surface area contributed by atoms with Crippen LogP contribution in [0.3, 0.4) is 0 Å². The number of aliphatic hydroxyl groups excluding tert-OH is 1. The number of hydrogen-bond acceptors (Lipinski definition) is 5. The third-order valence-corrected chi connectivity index (χ3v) is 2.74. The first-order chi connectivity index (χ1) is 8.56. The molecule has 0 saturated heterocycles. The summed E-state index contributed by atoms with van der Waals surface area (Å²) in [4.78, 5) is 8.57. The summed E-state index contributed by atoms with van der Waals surface area (Å²) in [6.07, 6.45) is -0.0972. The van der Waals surface area contributed by atoms with Gasteiger partial charge in [0, 0.05) is 5.69 Å². The molecule has 96 valence electrons. The largest absolute Gasteiger partial charge is 0.392 e. The van der Waals surface area contributed by atoms with Crippen molar-refractivity contribution >= 4 is 0 Å². The second kappa shape index (κ2) is 5.27. The van der Waals surface area contributed by atoms with Crippen molar-refractivity contribution in [3.8, 4) is 11.5 Å². The van der Waals surface area contributed by atoms with Crippen molar-refractivity contribution in [3.63, 3.8) is 0 Å². The Morgan fingerprint density at radius 3 is 2.72 bits per heavy atom. The molecule has 0 aliphatic carbocycles. The van der Waals surface area contributed by atoms with Crippen molar-refractivity contribution in [1.29, 1.82) is 0 Å². The van der Waals surface area contributed by atoms with Gasteiger partial charge in [0.25, 0.3) is 0 Å². The van der Waals surface area contributed by atoms with Crippen LogP contribution < -0.4 is 0 Å². The summed E-state index contributed by atoms with van der Waals surface area (Å²) in [7, 11) is 0. The lowest BCUT2D eigenvalue weighted by atomic mass is 10.0. The van der Waals surface area contributed by atoms with Gasteiger partial charge in [0.05, 0.1) is 12.5 Å². The molecule has 0 aliphatic rings. The quantitative estimate of drug-likeness (QED) is 0.894. The van der Waals surface area contributed by atoms with E-state index < -0.39 is 6.10 Å². The van der Waals surface area contributed by atoms with E-state index in [1.165, 1.54) is 0 Å². The van der Waals surface area contributed by atoms with Crippen LogP contribution in [-0.2, 0) is 6.42 Å². The summed E-state index contributed by atoms with van der Waals surface area (Å²) in [5.74, 6) is 1.07. The van der Waals surface area contributed by atoms with E-state index in [0.29, 0.717) is 23.8 Å². The van der Waals surface area contributed by atoms with E-state index in [1.807, 2.05) is 39.0 Å². The number of pyridine rings is 1. The maximum atomic E-state index is 9.76. The maximum absolute atomic E-state index is 9.76. The zero-order valence-corrected chi connectivity index (χ0v) is 10.8. The number of aryl methyl sites for hydroxylation is 1. The summed E-state index contributed by atoms with van der Waals surface area (Å²) >= 11 is 0. The molecule has 0 fully saturated rings. The molecule has 0 amide bonds. The standard InChI is InChI=1S/C13H17N3O2/c1-8(2)11(17)7-12-15-13(16-18-12)10-6-4-5-9(3)14-10/h4-6,8,11,17H,7H2,1-3H3. The van der Waals surface area contributed by atoms with Gasteiger partial charge in [-0.1, -0.05) is 25.1 Å². The second-order valence-electron chi connectivity index (χ2n) is 4.69. The Balaban J connectivity index is 2.15. The van der Waals surface area contributed by atoms with Gasteiger partial charge in [-0.3, -0.25) is 0 Å². The van der Waals surface area contributed by atoms with Gasteiger partial charge in [0.15, 0.2) is 0 Å². The van der Waals surface area contributed by atoms with Crippen LogP contribution in [0, 0.1) is 12.8 Å². The Morgan fingerprint density at radius 2 is 2.06 bits per heavy atom. The van der Waals surface area contributed by atoms with E-state index in [2.05, 4.69) is 15.1 Å². The van der Waals surface area contributed by atoms with Crippen molar-refractivity contribution in [2.24, 2.45) is 5.92 Å². The fourth-order valence-electron chi connectivity index (χ4n) is 1.52. The van der Waals surface area contributed by atoms with Crippen LogP contribution in [0.5, 0.6) is 0 Å². The third kappa shape index (κ3) is 2.92. The van der Waals surface area contributed by atoms with Gasteiger partial charge >= 0.3 is 0 Å². The lowest BCUT2D eigenvalue weighted by Gasteiger charge is -2.10. The van der Waals surface area contributed by atoms with E-state index in [1.54, 1.807) is 0 Å². The zero-order chi connectivity index (χ0) is 13.1. The normalized spacial score (nSPS) is 12.9. The van der Waals surface area contributed by atoms with Gasteiger partial charge < -0.3 is 9.63 Å². The molecule has 0 radical (unpaired) electrons. The molecule has 2 heterocycles. The Bertz CT molecular complexity index is 522. The highest BCUT2D eigenvalue weighted by atomic mass is 16.5. The lowest BCUT2D eigenvalue weighted by molar-refractivity contribution is 0.116. The Kier molecular flexibility index (Phi) is 3.72. The first-order valence-corrected chi connectivity index (χ1v) is 6.01. The minimum atomic E-state index is -0.469. The Hall–Kier alpha value is -1.75. The molecule has 2 rings (SSSR count). The average molecular weight is 247 g/mol. The second-order valence-corrected chi connectivity index (χ2v) is 4.69. The highest BCUT2D eigenvalue weighted by Gasteiger charge is 2.16. The molecule has 0 bridgehead atoms. The number of nitrogens with zero attached hydrogens (tertiary/aromatic N) is 3. The van der Waals surface area contributed by atoms with E-state index in [9.17, 15) is 5.11 Å². The van der Waals surface area contributed by atoms with Gasteiger partial charge in [-0.25, -0.2) is 4.98 Å². The van der Waals surface area contributed by atoms with E-state index >= 15 is 0 Å². The minimum Gasteiger partial charge on any atom is -0.392 e. The van der Waals surface area contributed by atoms with Gasteiger partial charge in [0.2, 0.25) is 11.7 Å². The van der Waals surface area contributed by atoms with Crippen LogP contribution in [0.25, 0.3) is 11.5 Å². The van der Waals surface area contributed by atoms with Crippen molar-refractivity contribution in [3.05, 3.63) is 29.8 Å². The van der Waals surface area contributed by atoms with Crippen LogP contribution in [-0.4, -0.2) is 26.3 Å². The fraction of sp³-hybridized carbons (Fsp3) is 0.462. The van der Waals surface area contributed by atoms with Crippen molar-refractivity contribution in [2.75, 3.05) is 0 Å². The van der Waals surface area contributed by atoms with Crippen LogP contribution in [0.1, 0.15) is 25.4 Å². The Morgan fingerprint density at radius 1 is 1.28 bits per heavy atom. The van der Waals surface area contributed by atoms with E-state index in [-0.39, 0.29) is 5.92 Å². The molecule has 1 N–H and O–H groups in total. The van der Waals surface area contributed by atoms with Crippen molar-refractivity contribution in [1.82, 2.24) is 15.1 Å². The molecule has 18 heavy (non-hydrogen) atoms. The SMILES string of the molecule is Cc1cccc(-c2noc(CC(O)C(C)C)n2)n1. The fourth-order valence-corrected chi connectivity index (χ4v) is 1.52. The summed E-state index contributed by atoms with van der Waals surface area (Å²) in [5, 5.41) is 13.6. The molecule has 1 atom stereocenters. The van der Waals surface area contributed by atoms with Gasteiger partial charge in [-0.05, 0) is 25.0 Å². The van der Waals surface area contributed by atoms with Crippen molar-refractivity contribution in [2.45, 2.75) is 33.3 Å². The molecule has 0 aliphatic heterocycles. The molecular formula is C13H17N3O2. The summed E-state index contributed by atoms with van der Waals surface area (Å²) in [6.45, 7) is 5.81. The highest BCUT2D eigenvalue weighted by Crippen LogP contribution is 2.15. The zero-order valence-electron chi connectivity index (χ0n) is 10.8. The predicted molar refractivity (Wildman–Crippen MR) is 66.8 cm³/mol. The molecule has 0 saturated carbocycles. The molecule has 2 aromatic heterocycles. The number of hydrogen-bond donors (Lipinski definition) is 1. The summed E-state index contributed by atoms with van der Waals surface area (Å²) in [5.41, 5.74) is 1.59. The van der Waals surface area contributed by atoms with Crippen LogP contribution in [0.15, 0.2) is 22.7 Å². The summed E-state index contributed by atoms with van der Waals surface area (Å²) in [6, 6.07) is 5.64. The van der Waals surface area contributed by atoms with Crippen molar-refractivity contribution < 1.29 is 9.63 Å². The predicted octanol–water partition coefficient (Wildman–Crippen LogP) is 2.00. The maximum Gasteiger partial charge on any atom is 0.229 e. The smallest absolute Gasteiger partial charge is 0.229 e. The van der Waals surface area contributed by atoms with Crippen LogP contribution in [0.4, 0.5) is 0 Å². The topological polar surface area (TPSA) is 72.0 Å². The first kappa shape index (κ1) is 12.7. The summed E-state index contributed by atoms with van der Waals surface area (Å²) < 4.78 is 5.12. The Labute approximate surface area is 106 Å². The van der Waals surface area contributed by atoms with Crippen LogP contribution in [0.2, 0.25) is 0 Å². The van der Waals surface area contributed by atoms with Gasteiger partial charge in [-0.15, -0.1) is 0 Å². The molecule has 2 aromatic rings. The van der Waals surface area contributed by atoms with Crippen LogP contribution >= 0.6 is 0 Å². The van der Waals surface area contributed by atoms with Gasteiger partial charge in [-0.2, -0.15) is 4.98 Å². The first-order valence-electron chi connectivity index (χ1n) is 6.01. The van der Waals surface area contributed by atoms with E-state index in [4.69, 9.17) is 4.52 Å². The molecular weight excluding hydrogens is 230 g/mol. The molecule has 1 unspecified atom stereocenters. The number of rotatable bonds is 4. The minimum absolute atomic E-state index is 0.164. The third-order valence-electron chi connectivity index (χ3n) is 2.74. The molecule has 5 nitrogen and oxygen atoms in total. The van der Waals surface area contributed by atoms with Gasteiger partial charge in [0.1, 0.15) is 5.69 Å². The number of aromatic nitrogens is 3. The average Bonchev–Trinajstić information content (AvgIpc) is 2.77. The molecule has 5 heteroatoms. The number of aliphatic hydroxyl groups is 1. The lowest BCUT2D eigenvalue weighted by Crippen LogP contribution is -2.17. The monoisotopic (exact) mass is 247 g/mol. The van der Waals surface area contributed by atoms with E-state index in [0.717, 1.165) is 5.69 Å². The highest BCUT2D eigenvalue weighted by molar-refractivity contribution is 5.47.